The molecule has 0 aliphatic carbocycles. The first-order chi connectivity index (χ1) is 15.6. The molecule has 2 amide bonds. The quantitative estimate of drug-likeness (QED) is 0.520. The summed E-state index contributed by atoms with van der Waals surface area (Å²) in [5.74, 6) is -0.193. The summed E-state index contributed by atoms with van der Waals surface area (Å²) in [6.07, 6.45) is 0.0529. The fourth-order valence-corrected chi connectivity index (χ4v) is 5.63. The number of ether oxygens (including phenoxy) is 1. The minimum atomic E-state index is -0.641. The number of rotatable bonds is 4. The van der Waals surface area contributed by atoms with Gasteiger partial charge in [0.25, 0.3) is 0 Å². The molecule has 1 N–H and O–H groups in total. The molecule has 2 atom stereocenters. The molecular formula is C24H28N4O3S2. The molecular weight excluding hydrogens is 456 g/mol. The summed E-state index contributed by atoms with van der Waals surface area (Å²) in [7, 11) is 0. The molecule has 1 fully saturated rings. The summed E-state index contributed by atoms with van der Waals surface area (Å²) in [6, 6.07) is 9.34. The zero-order chi connectivity index (χ0) is 23.8. The van der Waals surface area contributed by atoms with Crippen LogP contribution in [0.3, 0.4) is 0 Å². The van der Waals surface area contributed by atoms with Crippen molar-refractivity contribution in [3.05, 3.63) is 52.0 Å². The number of amides is 2. The third-order valence-corrected chi connectivity index (χ3v) is 7.23. The maximum absolute atomic E-state index is 13.3. The predicted molar refractivity (Wildman–Crippen MR) is 132 cm³/mol. The van der Waals surface area contributed by atoms with Gasteiger partial charge in [0.1, 0.15) is 11.6 Å². The number of hydrogen-bond donors (Lipinski definition) is 1. The van der Waals surface area contributed by atoms with Crippen molar-refractivity contribution in [3.8, 4) is 10.6 Å². The van der Waals surface area contributed by atoms with Gasteiger partial charge in [-0.3, -0.25) is 9.69 Å². The number of thiazole rings is 2. The van der Waals surface area contributed by atoms with Crippen LogP contribution in [0.5, 0.6) is 0 Å². The zero-order valence-corrected chi connectivity index (χ0v) is 21.0. The van der Waals surface area contributed by atoms with Crippen molar-refractivity contribution < 1.29 is 14.3 Å². The number of nitrogens with one attached hydrogen (secondary N) is 1. The Kier molecular flexibility index (Phi) is 6.54. The van der Waals surface area contributed by atoms with E-state index in [4.69, 9.17) is 4.74 Å². The summed E-state index contributed by atoms with van der Waals surface area (Å²) in [5.41, 5.74) is 2.20. The molecule has 0 radical (unpaired) electrons. The van der Waals surface area contributed by atoms with E-state index >= 15 is 0 Å². The number of carbonyl (C=O) groups is 2. The molecule has 4 rings (SSSR count). The van der Waals surface area contributed by atoms with Crippen molar-refractivity contribution in [2.45, 2.75) is 58.6 Å². The van der Waals surface area contributed by atoms with Gasteiger partial charge in [0.15, 0.2) is 5.13 Å². The van der Waals surface area contributed by atoms with Gasteiger partial charge in [-0.2, -0.15) is 0 Å². The molecule has 9 heteroatoms. The lowest BCUT2D eigenvalue weighted by atomic mass is 9.96. The molecule has 0 bridgehead atoms. The molecule has 33 heavy (non-hydrogen) atoms. The lowest BCUT2D eigenvalue weighted by Gasteiger charge is -2.27. The van der Waals surface area contributed by atoms with E-state index in [0.717, 1.165) is 26.8 Å². The third-order valence-electron chi connectivity index (χ3n) is 5.37. The van der Waals surface area contributed by atoms with Crippen molar-refractivity contribution in [3.63, 3.8) is 0 Å². The minimum Gasteiger partial charge on any atom is -0.444 e. The Morgan fingerprint density at radius 3 is 2.52 bits per heavy atom. The Balaban J connectivity index is 1.53. The van der Waals surface area contributed by atoms with Crippen LogP contribution in [-0.4, -0.2) is 45.1 Å². The average molecular weight is 485 g/mol. The summed E-state index contributed by atoms with van der Waals surface area (Å²) in [5, 5.41) is 6.33. The zero-order valence-electron chi connectivity index (χ0n) is 19.4. The molecule has 3 heterocycles. The van der Waals surface area contributed by atoms with Crippen LogP contribution in [-0.2, 0) is 9.53 Å². The lowest BCUT2D eigenvalue weighted by molar-refractivity contribution is -0.120. The SMILES string of the molecule is Cc1nc(C)c(-c2csc(NC(=O)[C@H]3C[C@@H](c4ccccc4)CN3C(=O)OC(C)(C)C)n2)s1. The molecule has 1 aromatic carbocycles. The monoisotopic (exact) mass is 484 g/mol. The molecule has 1 aliphatic heterocycles. The molecule has 1 aliphatic rings. The van der Waals surface area contributed by atoms with Gasteiger partial charge >= 0.3 is 6.09 Å². The van der Waals surface area contributed by atoms with Crippen molar-refractivity contribution in [1.82, 2.24) is 14.9 Å². The summed E-state index contributed by atoms with van der Waals surface area (Å²) in [6.45, 7) is 9.82. The van der Waals surface area contributed by atoms with Crippen LogP contribution in [0.1, 0.15) is 49.4 Å². The average Bonchev–Trinajstić information content (AvgIpc) is 3.45. The van der Waals surface area contributed by atoms with Crippen molar-refractivity contribution in [2.24, 2.45) is 0 Å². The standard InChI is InChI=1S/C24H28N4O3S2/c1-14-20(33-15(2)25-14)18-13-32-22(26-18)27-21(29)19-11-17(16-9-7-6-8-10-16)12-28(19)23(30)31-24(3,4)5/h6-10,13,17,19H,11-12H2,1-5H3,(H,26,27,29)/t17-,19-/m1/s1. The molecule has 0 unspecified atom stereocenters. The second kappa shape index (κ2) is 9.23. The van der Waals surface area contributed by atoms with Gasteiger partial charge in [0.2, 0.25) is 5.91 Å². The smallest absolute Gasteiger partial charge is 0.410 e. The number of aromatic nitrogens is 2. The number of nitrogens with zero attached hydrogens (tertiary/aromatic N) is 3. The number of likely N-dealkylation sites (tertiary alicyclic amines) is 1. The van der Waals surface area contributed by atoms with Gasteiger partial charge in [-0.15, -0.1) is 22.7 Å². The van der Waals surface area contributed by atoms with Crippen LogP contribution in [0.25, 0.3) is 10.6 Å². The van der Waals surface area contributed by atoms with E-state index in [1.807, 2.05) is 70.3 Å². The highest BCUT2D eigenvalue weighted by Crippen LogP contribution is 2.35. The summed E-state index contributed by atoms with van der Waals surface area (Å²) < 4.78 is 5.60. The van der Waals surface area contributed by atoms with Gasteiger partial charge in [-0.05, 0) is 46.6 Å². The number of aryl methyl sites for hydroxylation is 2. The van der Waals surface area contributed by atoms with E-state index in [1.54, 1.807) is 16.2 Å². The molecule has 0 saturated carbocycles. The third kappa shape index (κ3) is 5.42. The fourth-order valence-electron chi connectivity index (χ4n) is 3.97. The largest absolute Gasteiger partial charge is 0.444 e. The van der Waals surface area contributed by atoms with Crippen molar-refractivity contribution >= 4 is 39.8 Å². The first-order valence-electron chi connectivity index (χ1n) is 10.9. The second-order valence-corrected chi connectivity index (χ2v) is 11.2. The van der Waals surface area contributed by atoms with Crippen LogP contribution in [0, 0.1) is 13.8 Å². The van der Waals surface area contributed by atoms with Crippen molar-refractivity contribution in [1.29, 1.82) is 0 Å². The van der Waals surface area contributed by atoms with Crippen LogP contribution < -0.4 is 5.32 Å². The number of hydrogen-bond acceptors (Lipinski definition) is 7. The Morgan fingerprint density at radius 1 is 1.15 bits per heavy atom. The number of anilines is 1. The van der Waals surface area contributed by atoms with E-state index in [2.05, 4.69) is 15.3 Å². The first-order valence-corrected chi connectivity index (χ1v) is 12.6. The van der Waals surface area contributed by atoms with E-state index in [-0.39, 0.29) is 11.8 Å². The molecule has 2 aromatic heterocycles. The van der Waals surface area contributed by atoms with E-state index in [9.17, 15) is 9.59 Å². The molecule has 0 spiro atoms. The van der Waals surface area contributed by atoms with Crippen LogP contribution in [0.15, 0.2) is 35.7 Å². The molecule has 1 saturated heterocycles. The normalized spacial score (nSPS) is 18.4. The lowest BCUT2D eigenvalue weighted by Crippen LogP contribution is -2.45. The highest BCUT2D eigenvalue weighted by molar-refractivity contribution is 7.16. The second-order valence-electron chi connectivity index (χ2n) is 9.17. The van der Waals surface area contributed by atoms with Gasteiger partial charge < -0.3 is 10.1 Å². The molecule has 3 aromatic rings. The Morgan fingerprint density at radius 2 is 1.88 bits per heavy atom. The van der Waals surface area contributed by atoms with E-state index < -0.39 is 17.7 Å². The van der Waals surface area contributed by atoms with Crippen LogP contribution >= 0.6 is 22.7 Å². The van der Waals surface area contributed by atoms with Crippen LogP contribution in [0.2, 0.25) is 0 Å². The highest BCUT2D eigenvalue weighted by atomic mass is 32.1. The summed E-state index contributed by atoms with van der Waals surface area (Å²) in [4.78, 5) is 37.8. The highest BCUT2D eigenvalue weighted by Gasteiger charge is 2.42. The minimum absolute atomic E-state index is 0.0594. The maximum atomic E-state index is 13.3. The Hall–Kier alpha value is -2.78. The van der Waals surface area contributed by atoms with E-state index in [0.29, 0.717) is 18.1 Å². The number of carbonyl (C=O) groups excluding carboxylic acids is 2. The van der Waals surface area contributed by atoms with Gasteiger partial charge in [-0.1, -0.05) is 30.3 Å². The first kappa shape index (κ1) is 23.4. The fraction of sp³-hybridized carbons (Fsp3) is 0.417. The molecule has 7 nitrogen and oxygen atoms in total. The molecule has 174 valence electrons. The van der Waals surface area contributed by atoms with Crippen LogP contribution in [0.4, 0.5) is 9.93 Å². The topological polar surface area (TPSA) is 84.4 Å². The predicted octanol–water partition coefficient (Wildman–Crippen LogP) is 5.62. The van der Waals surface area contributed by atoms with Gasteiger partial charge in [0.05, 0.1) is 21.3 Å². The van der Waals surface area contributed by atoms with E-state index in [1.165, 1.54) is 11.3 Å². The van der Waals surface area contributed by atoms with Gasteiger partial charge in [-0.25, -0.2) is 14.8 Å². The Bertz CT molecular complexity index is 1150. The Labute approximate surface area is 201 Å². The maximum Gasteiger partial charge on any atom is 0.410 e. The van der Waals surface area contributed by atoms with Crippen molar-refractivity contribution in [2.75, 3.05) is 11.9 Å². The van der Waals surface area contributed by atoms with Gasteiger partial charge in [0, 0.05) is 17.8 Å². The summed E-state index contributed by atoms with van der Waals surface area (Å²) >= 11 is 2.95. The number of benzene rings is 1.